The molecule has 0 heterocycles. The predicted octanol–water partition coefficient (Wildman–Crippen LogP) is -0.628. The largest absolute Gasteiger partial charge is 0.383 e. The monoisotopic (exact) mass is 217 g/mol. The number of nitrogens with zero attached hydrogens (tertiary/aromatic N) is 2. The van der Waals surface area contributed by atoms with Crippen LogP contribution in [0.3, 0.4) is 0 Å². The number of ether oxygens (including phenoxy) is 1. The van der Waals surface area contributed by atoms with Gasteiger partial charge in [0, 0.05) is 27.7 Å². The zero-order valence-electron chi connectivity index (χ0n) is 10.0. The van der Waals surface area contributed by atoms with Gasteiger partial charge in [-0.15, -0.1) is 0 Å². The van der Waals surface area contributed by atoms with Crippen molar-refractivity contribution in [2.45, 2.75) is 6.42 Å². The molecule has 0 aliphatic carbocycles. The minimum absolute atomic E-state index is 0.114. The van der Waals surface area contributed by atoms with Gasteiger partial charge < -0.3 is 15.4 Å². The van der Waals surface area contributed by atoms with Crippen LogP contribution >= 0.6 is 0 Å². The average Bonchev–Trinajstić information content (AvgIpc) is 2.21. The van der Waals surface area contributed by atoms with E-state index in [9.17, 15) is 4.79 Å². The smallest absolute Gasteiger partial charge is 0.236 e. The van der Waals surface area contributed by atoms with Gasteiger partial charge in [0.25, 0.3) is 0 Å². The van der Waals surface area contributed by atoms with E-state index in [1.807, 2.05) is 0 Å². The van der Waals surface area contributed by atoms with E-state index >= 15 is 0 Å². The second-order valence-corrected chi connectivity index (χ2v) is 3.70. The topological polar surface area (TPSA) is 58.8 Å². The van der Waals surface area contributed by atoms with Crippen LogP contribution in [0.5, 0.6) is 0 Å². The summed E-state index contributed by atoms with van der Waals surface area (Å²) in [4.78, 5) is 15.2. The van der Waals surface area contributed by atoms with Gasteiger partial charge in [-0.1, -0.05) is 0 Å². The zero-order valence-corrected chi connectivity index (χ0v) is 10.0. The quantitative estimate of drug-likeness (QED) is 0.588. The zero-order chi connectivity index (χ0) is 11.7. The molecule has 0 unspecified atom stereocenters. The second-order valence-electron chi connectivity index (χ2n) is 3.70. The Kier molecular flexibility index (Phi) is 8.27. The third kappa shape index (κ3) is 7.30. The van der Waals surface area contributed by atoms with E-state index in [-0.39, 0.29) is 5.91 Å². The van der Waals surface area contributed by atoms with Gasteiger partial charge in [0.05, 0.1) is 13.2 Å². The fraction of sp³-hybridized carbons (Fsp3) is 0.900. The number of amides is 1. The van der Waals surface area contributed by atoms with Gasteiger partial charge in [0.2, 0.25) is 5.91 Å². The van der Waals surface area contributed by atoms with Gasteiger partial charge in [-0.3, -0.25) is 9.69 Å². The van der Waals surface area contributed by atoms with E-state index in [0.717, 1.165) is 19.5 Å². The van der Waals surface area contributed by atoms with Gasteiger partial charge >= 0.3 is 0 Å². The van der Waals surface area contributed by atoms with Crippen molar-refractivity contribution in [2.75, 3.05) is 54.0 Å². The molecule has 0 saturated heterocycles. The molecule has 0 aliphatic heterocycles. The first-order chi connectivity index (χ1) is 7.11. The van der Waals surface area contributed by atoms with Crippen LogP contribution in [0.4, 0.5) is 0 Å². The van der Waals surface area contributed by atoms with E-state index in [1.165, 1.54) is 0 Å². The minimum Gasteiger partial charge on any atom is -0.383 e. The highest BCUT2D eigenvalue weighted by molar-refractivity contribution is 5.77. The molecule has 0 aromatic carbocycles. The molecule has 0 spiro atoms. The van der Waals surface area contributed by atoms with Crippen LogP contribution in [0, 0.1) is 0 Å². The maximum Gasteiger partial charge on any atom is 0.236 e. The van der Waals surface area contributed by atoms with Crippen LogP contribution in [0.2, 0.25) is 0 Å². The number of methoxy groups -OCH3 is 1. The molecule has 0 saturated carbocycles. The van der Waals surface area contributed by atoms with Crippen molar-refractivity contribution in [3.05, 3.63) is 0 Å². The molecule has 5 nitrogen and oxygen atoms in total. The first-order valence-electron chi connectivity index (χ1n) is 5.23. The van der Waals surface area contributed by atoms with Crippen molar-refractivity contribution in [3.8, 4) is 0 Å². The van der Waals surface area contributed by atoms with Crippen molar-refractivity contribution in [3.63, 3.8) is 0 Å². The lowest BCUT2D eigenvalue weighted by Crippen LogP contribution is -2.39. The van der Waals surface area contributed by atoms with Crippen LogP contribution in [0.15, 0.2) is 0 Å². The molecular weight excluding hydrogens is 194 g/mol. The van der Waals surface area contributed by atoms with Crippen molar-refractivity contribution in [1.29, 1.82) is 0 Å². The number of likely N-dealkylation sites (N-methyl/N-ethyl adjacent to an activating group) is 1. The number of hydrogen-bond acceptors (Lipinski definition) is 4. The van der Waals surface area contributed by atoms with Crippen molar-refractivity contribution in [2.24, 2.45) is 5.73 Å². The molecule has 0 rings (SSSR count). The Morgan fingerprint density at radius 2 is 2.00 bits per heavy atom. The summed E-state index contributed by atoms with van der Waals surface area (Å²) in [5, 5.41) is 0. The molecule has 0 fully saturated rings. The number of hydrogen-bond donors (Lipinski definition) is 1. The molecule has 15 heavy (non-hydrogen) atoms. The number of carbonyl (C=O) groups excluding carboxylic acids is 1. The highest BCUT2D eigenvalue weighted by atomic mass is 16.5. The standard InChI is InChI=1S/C10H23N3O2/c1-12(2)10(14)9-13(6-4-5-11)7-8-15-3/h4-9,11H2,1-3H3. The molecule has 2 N–H and O–H groups in total. The molecule has 0 bridgehead atoms. The first kappa shape index (κ1) is 14.3. The fourth-order valence-corrected chi connectivity index (χ4v) is 1.14. The molecule has 0 aliphatic rings. The summed E-state index contributed by atoms with van der Waals surface area (Å²) in [6.07, 6.45) is 0.907. The summed E-state index contributed by atoms with van der Waals surface area (Å²) in [7, 11) is 5.19. The van der Waals surface area contributed by atoms with Crippen molar-refractivity contribution in [1.82, 2.24) is 9.80 Å². The van der Waals surface area contributed by atoms with Crippen LogP contribution in [-0.2, 0) is 9.53 Å². The van der Waals surface area contributed by atoms with Crippen LogP contribution in [0.1, 0.15) is 6.42 Å². The summed E-state index contributed by atoms with van der Waals surface area (Å²) >= 11 is 0. The van der Waals surface area contributed by atoms with E-state index in [2.05, 4.69) is 4.90 Å². The maximum absolute atomic E-state index is 11.5. The Morgan fingerprint density at radius 1 is 1.33 bits per heavy atom. The van der Waals surface area contributed by atoms with E-state index in [4.69, 9.17) is 10.5 Å². The van der Waals surface area contributed by atoms with Crippen molar-refractivity contribution < 1.29 is 9.53 Å². The highest BCUT2D eigenvalue weighted by Crippen LogP contribution is 1.93. The van der Waals surface area contributed by atoms with E-state index in [0.29, 0.717) is 19.7 Å². The van der Waals surface area contributed by atoms with Gasteiger partial charge in [0.15, 0.2) is 0 Å². The fourth-order valence-electron chi connectivity index (χ4n) is 1.14. The lowest BCUT2D eigenvalue weighted by atomic mass is 10.3. The Morgan fingerprint density at radius 3 is 2.47 bits per heavy atom. The van der Waals surface area contributed by atoms with Gasteiger partial charge in [-0.2, -0.15) is 0 Å². The summed E-state index contributed by atoms with van der Waals surface area (Å²) < 4.78 is 5.00. The third-order valence-corrected chi connectivity index (χ3v) is 2.15. The van der Waals surface area contributed by atoms with Gasteiger partial charge in [-0.05, 0) is 19.5 Å². The van der Waals surface area contributed by atoms with E-state index in [1.54, 1.807) is 26.1 Å². The van der Waals surface area contributed by atoms with E-state index < -0.39 is 0 Å². The first-order valence-corrected chi connectivity index (χ1v) is 5.23. The molecule has 0 aromatic rings. The van der Waals surface area contributed by atoms with Gasteiger partial charge in [0.1, 0.15) is 0 Å². The molecule has 0 radical (unpaired) electrons. The highest BCUT2D eigenvalue weighted by Gasteiger charge is 2.11. The summed E-state index contributed by atoms with van der Waals surface area (Å²) in [5.41, 5.74) is 5.44. The van der Waals surface area contributed by atoms with Crippen LogP contribution in [0.25, 0.3) is 0 Å². The Labute approximate surface area is 92.2 Å². The van der Waals surface area contributed by atoms with Crippen molar-refractivity contribution >= 4 is 5.91 Å². The third-order valence-electron chi connectivity index (χ3n) is 2.15. The van der Waals surface area contributed by atoms with Gasteiger partial charge in [-0.25, -0.2) is 0 Å². The molecule has 0 atom stereocenters. The maximum atomic E-state index is 11.5. The van der Waals surface area contributed by atoms with Crippen LogP contribution in [-0.4, -0.2) is 69.7 Å². The predicted molar refractivity (Wildman–Crippen MR) is 60.7 cm³/mol. The molecular formula is C10H23N3O2. The SMILES string of the molecule is COCCN(CCCN)CC(=O)N(C)C. The molecule has 0 aromatic heterocycles. The Hall–Kier alpha value is -0.650. The molecule has 1 amide bonds. The average molecular weight is 217 g/mol. The molecule has 5 heteroatoms. The molecule has 90 valence electrons. The normalized spacial score (nSPS) is 10.7. The summed E-state index contributed by atoms with van der Waals surface area (Å²) in [6, 6.07) is 0. The minimum atomic E-state index is 0.114. The number of carbonyl (C=O) groups is 1. The van der Waals surface area contributed by atoms with Crippen LogP contribution < -0.4 is 5.73 Å². The summed E-state index contributed by atoms with van der Waals surface area (Å²) in [6.45, 7) is 3.36. The number of rotatable bonds is 8. The lowest BCUT2D eigenvalue weighted by molar-refractivity contribution is -0.130. The lowest BCUT2D eigenvalue weighted by Gasteiger charge is -2.22. The Bertz CT molecular complexity index is 166. The summed E-state index contributed by atoms with van der Waals surface area (Å²) in [5.74, 6) is 0.114. The number of nitrogens with two attached hydrogens (primary N) is 1. The Balaban J connectivity index is 3.93. The second kappa shape index (κ2) is 8.64.